The molecule has 0 bridgehead atoms. The van der Waals surface area contributed by atoms with Crippen molar-refractivity contribution in [3.8, 4) is 0 Å². The number of benzene rings is 1. The second-order valence-electron chi connectivity index (χ2n) is 5.46. The van der Waals surface area contributed by atoms with Gasteiger partial charge in [-0.15, -0.1) is 11.6 Å². The van der Waals surface area contributed by atoms with Crippen molar-refractivity contribution < 1.29 is 4.79 Å². The quantitative estimate of drug-likeness (QED) is 0.738. The molecule has 2 unspecified atom stereocenters. The molecule has 0 spiro atoms. The summed E-state index contributed by atoms with van der Waals surface area (Å²) < 4.78 is 0. The zero-order valence-corrected chi connectivity index (χ0v) is 11.9. The molecule has 1 fully saturated rings. The number of hydrogen-bond donors (Lipinski definition) is 0. The van der Waals surface area contributed by atoms with E-state index in [2.05, 4.69) is 11.0 Å². The first-order valence-corrected chi connectivity index (χ1v) is 7.38. The standard InChI is InChI=1S/C15H19ClN2O/c1-11(16)15(19)18-10-13-6-4-8-17(13)9-12-5-2-3-7-14(12)18/h2-3,5,7,11,13H,4,6,8-10H2,1H3. The molecule has 0 N–H and O–H groups in total. The van der Waals surface area contributed by atoms with Gasteiger partial charge in [-0.05, 0) is 37.9 Å². The summed E-state index contributed by atoms with van der Waals surface area (Å²) in [6.45, 7) is 4.61. The van der Waals surface area contributed by atoms with Crippen molar-refractivity contribution in [2.24, 2.45) is 0 Å². The van der Waals surface area contributed by atoms with Crippen molar-refractivity contribution in [1.82, 2.24) is 4.90 Å². The van der Waals surface area contributed by atoms with Crippen molar-refractivity contribution >= 4 is 23.2 Å². The predicted molar refractivity (Wildman–Crippen MR) is 77.5 cm³/mol. The van der Waals surface area contributed by atoms with Crippen LogP contribution < -0.4 is 4.90 Å². The third kappa shape index (κ3) is 2.37. The Hall–Kier alpha value is -1.06. The number of carbonyl (C=O) groups excluding carboxylic acids is 1. The van der Waals surface area contributed by atoms with Crippen molar-refractivity contribution in [3.63, 3.8) is 0 Å². The lowest BCUT2D eigenvalue weighted by molar-refractivity contribution is -0.118. The Bertz CT molecular complexity index is 489. The third-order valence-corrected chi connectivity index (χ3v) is 4.34. The highest BCUT2D eigenvalue weighted by Gasteiger charge is 2.34. The van der Waals surface area contributed by atoms with E-state index >= 15 is 0 Å². The fourth-order valence-corrected chi connectivity index (χ4v) is 3.29. The predicted octanol–water partition coefficient (Wildman–Crippen LogP) is 2.62. The van der Waals surface area contributed by atoms with Crippen LogP contribution in [0.15, 0.2) is 24.3 Å². The normalized spacial score (nSPS) is 24.5. The first-order chi connectivity index (χ1) is 9.16. The number of nitrogens with zero attached hydrogens (tertiary/aromatic N) is 2. The van der Waals surface area contributed by atoms with Crippen LogP contribution in [0.5, 0.6) is 0 Å². The van der Waals surface area contributed by atoms with E-state index in [9.17, 15) is 4.79 Å². The van der Waals surface area contributed by atoms with Crippen molar-refractivity contribution in [2.45, 2.75) is 37.7 Å². The Kier molecular flexibility index (Phi) is 3.50. The van der Waals surface area contributed by atoms with Gasteiger partial charge in [0, 0.05) is 24.8 Å². The SMILES string of the molecule is CC(Cl)C(=O)N1CC2CCCN2Cc2ccccc21. The average molecular weight is 279 g/mol. The lowest BCUT2D eigenvalue weighted by Crippen LogP contribution is -2.42. The number of hydrogen-bond acceptors (Lipinski definition) is 2. The number of carbonyl (C=O) groups is 1. The van der Waals surface area contributed by atoms with Gasteiger partial charge in [-0.3, -0.25) is 9.69 Å². The minimum atomic E-state index is -0.471. The Balaban J connectivity index is 2.00. The van der Waals surface area contributed by atoms with Crippen LogP contribution in [0.1, 0.15) is 25.3 Å². The second-order valence-corrected chi connectivity index (χ2v) is 6.11. The number of anilines is 1. The zero-order chi connectivity index (χ0) is 13.4. The highest BCUT2D eigenvalue weighted by atomic mass is 35.5. The van der Waals surface area contributed by atoms with E-state index in [-0.39, 0.29) is 5.91 Å². The molecule has 4 heteroatoms. The molecule has 3 nitrogen and oxygen atoms in total. The van der Waals surface area contributed by atoms with Gasteiger partial charge in [0.25, 0.3) is 0 Å². The maximum Gasteiger partial charge on any atom is 0.244 e. The molecule has 102 valence electrons. The highest BCUT2D eigenvalue weighted by molar-refractivity contribution is 6.32. The van der Waals surface area contributed by atoms with E-state index in [4.69, 9.17) is 11.6 Å². The molecule has 0 aliphatic carbocycles. The van der Waals surface area contributed by atoms with Gasteiger partial charge >= 0.3 is 0 Å². The van der Waals surface area contributed by atoms with Gasteiger partial charge in [0.1, 0.15) is 5.38 Å². The number of alkyl halides is 1. The molecule has 1 aromatic carbocycles. The summed E-state index contributed by atoms with van der Waals surface area (Å²) >= 11 is 6.02. The third-order valence-electron chi connectivity index (χ3n) is 4.15. The molecule has 2 aliphatic rings. The van der Waals surface area contributed by atoms with E-state index in [1.54, 1.807) is 6.92 Å². The summed E-state index contributed by atoms with van der Waals surface area (Å²) in [6.07, 6.45) is 2.40. The number of amides is 1. The molecule has 0 aromatic heterocycles. The molecule has 3 rings (SSSR count). The maximum atomic E-state index is 12.4. The van der Waals surface area contributed by atoms with Crippen LogP contribution >= 0.6 is 11.6 Å². The van der Waals surface area contributed by atoms with E-state index in [1.165, 1.54) is 18.4 Å². The minimum absolute atomic E-state index is 0.0165. The molecule has 0 radical (unpaired) electrons. The second kappa shape index (κ2) is 5.14. The summed E-state index contributed by atoms with van der Waals surface area (Å²) in [7, 11) is 0. The Morgan fingerprint density at radius 2 is 2.21 bits per heavy atom. The van der Waals surface area contributed by atoms with E-state index < -0.39 is 5.38 Å². The van der Waals surface area contributed by atoms with Gasteiger partial charge in [0.2, 0.25) is 5.91 Å². The molecule has 2 heterocycles. The fraction of sp³-hybridized carbons (Fsp3) is 0.533. The fourth-order valence-electron chi connectivity index (χ4n) is 3.17. The molecular formula is C15H19ClN2O. The molecule has 1 amide bonds. The zero-order valence-electron chi connectivity index (χ0n) is 11.2. The van der Waals surface area contributed by atoms with Crippen molar-refractivity contribution in [2.75, 3.05) is 18.0 Å². The van der Waals surface area contributed by atoms with Crippen LogP contribution in [0.2, 0.25) is 0 Å². The van der Waals surface area contributed by atoms with Gasteiger partial charge in [-0.25, -0.2) is 0 Å². The summed E-state index contributed by atoms with van der Waals surface area (Å²) in [5.41, 5.74) is 2.27. The molecule has 2 aliphatic heterocycles. The van der Waals surface area contributed by atoms with E-state index in [1.807, 2.05) is 23.1 Å². The number of fused-ring (bicyclic) bond motifs is 2. The first-order valence-electron chi connectivity index (χ1n) is 6.94. The molecule has 19 heavy (non-hydrogen) atoms. The molecular weight excluding hydrogens is 260 g/mol. The van der Waals surface area contributed by atoms with E-state index in [0.717, 1.165) is 25.3 Å². The summed E-state index contributed by atoms with van der Waals surface area (Å²) in [4.78, 5) is 16.8. The van der Waals surface area contributed by atoms with Gasteiger partial charge in [-0.2, -0.15) is 0 Å². The molecule has 0 saturated carbocycles. The molecule has 1 saturated heterocycles. The summed E-state index contributed by atoms with van der Waals surface area (Å²) in [5, 5.41) is -0.471. The lowest BCUT2D eigenvalue weighted by atomic mass is 10.1. The largest absolute Gasteiger partial charge is 0.309 e. The smallest absolute Gasteiger partial charge is 0.244 e. The number of rotatable bonds is 1. The Morgan fingerprint density at radius 1 is 1.42 bits per heavy atom. The summed E-state index contributed by atoms with van der Waals surface area (Å²) in [5.74, 6) is 0.0165. The molecule has 1 aromatic rings. The van der Waals surface area contributed by atoms with Gasteiger partial charge in [0.05, 0.1) is 0 Å². The molecule has 2 atom stereocenters. The first kappa shape index (κ1) is 12.9. The lowest BCUT2D eigenvalue weighted by Gasteiger charge is -2.27. The van der Waals surface area contributed by atoms with Crippen molar-refractivity contribution in [1.29, 1.82) is 0 Å². The van der Waals surface area contributed by atoms with Crippen LogP contribution in [0, 0.1) is 0 Å². The monoisotopic (exact) mass is 278 g/mol. The van der Waals surface area contributed by atoms with Crippen molar-refractivity contribution in [3.05, 3.63) is 29.8 Å². The van der Waals surface area contributed by atoms with E-state index in [0.29, 0.717) is 6.04 Å². The Labute approximate surface area is 119 Å². The van der Waals surface area contributed by atoms with Gasteiger partial charge in [-0.1, -0.05) is 18.2 Å². The van der Waals surface area contributed by atoms with Crippen LogP contribution in [0.3, 0.4) is 0 Å². The Morgan fingerprint density at radius 3 is 3.00 bits per heavy atom. The number of para-hydroxylation sites is 1. The number of halogens is 1. The summed E-state index contributed by atoms with van der Waals surface area (Å²) in [6, 6.07) is 8.67. The topological polar surface area (TPSA) is 23.6 Å². The van der Waals surface area contributed by atoms with Gasteiger partial charge in [0.15, 0.2) is 0 Å². The minimum Gasteiger partial charge on any atom is -0.309 e. The highest BCUT2D eigenvalue weighted by Crippen LogP contribution is 2.32. The van der Waals surface area contributed by atoms with Crippen LogP contribution in [-0.2, 0) is 11.3 Å². The van der Waals surface area contributed by atoms with Gasteiger partial charge < -0.3 is 4.90 Å². The average Bonchev–Trinajstić information content (AvgIpc) is 2.77. The maximum absolute atomic E-state index is 12.4. The van der Waals surface area contributed by atoms with Crippen LogP contribution in [0.25, 0.3) is 0 Å². The van der Waals surface area contributed by atoms with Crippen LogP contribution in [0.4, 0.5) is 5.69 Å². The van der Waals surface area contributed by atoms with Crippen LogP contribution in [-0.4, -0.2) is 35.3 Å².